The van der Waals surface area contributed by atoms with E-state index in [0.717, 1.165) is 36.8 Å². The zero-order chi connectivity index (χ0) is 33.8. The number of hydrogen-bond acceptors (Lipinski definition) is 6. The molecule has 0 spiro atoms. The van der Waals surface area contributed by atoms with Crippen LogP contribution in [-0.4, -0.2) is 24.5 Å². The van der Waals surface area contributed by atoms with Gasteiger partial charge in [-0.15, -0.1) is 0 Å². The molecule has 0 unspecified atom stereocenters. The number of halogens is 2. The molecular weight excluding hydrogens is 696 g/mol. The molecule has 1 saturated heterocycles. The molecule has 5 aromatic rings. The van der Waals surface area contributed by atoms with Gasteiger partial charge in [0.2, 0.25) is 0 Å². The van der Waals surface area contributed by atoms with Gasteiger partial charge in [0, 0.05) is 10.0 Å². The summed E-state index contributed by atoms with van der Waals surface area (Å²) in [5.41, 5.74) is 3.52. The molecule has 242 valence electrons. The Morgan fingerprint density at radius 2 is 1.60 bits per heavy atom. The first-order valence-corrected chi connectivity index (χ1v) is 16.3. The number of carbonyl (C=O) groups is 3. The van der Waals surface area contributed by atoms with E-state index in [-0.39, 0.29) is 22.9 Å². The second-order valence-electron chi connectivity index (χ2n) is 11.0. The molecular formula is C38H30BrClN2O6. The maximum absolute atomic E-state index is 13.6. The van der Waals surface area contributed by atoms with E-state index in [1.807, 2.05) is 56.3 Å². The van der Waals surface area contributed by atoms with Gasteiger partial charge in [-0.25, -0.2) is 9.69 Å². The maximum atomic E-state index is 13.6. The van der Waals surface area contributed by atoms with Crippen molar-refractivity contribution in [3.63, 3.8) is 0 Å². The van der Waals surface area contributed by atoms with Crippen molar-refractivity contribution >= 4 is 67.9 Å². The summed E-state index contributed by atoms with van der Waals surface area (Å²) in [4.78, 5) is 40.2. The lowest BCUT2D eigenvalue weighted by atomic mass is 10.0. The van der Waals surface area contributed by atoms with Gasteiger partial charge in [-0.05, 0) is 95.9 Å². The Labute approximate surface area is 291 Å². The minimum absolute atomic E-state index is 0.237. The van der Waals surface area contributed by atoms with Crippen molar-refractivity contribution in [2.24, 2.45) is 0 Å². The van der Waals surface area contributed by atoms with Crippen molar-refractivity contribution in [1.82, 2.24) is 5.32 Å². The second kappa shape index (κ2) is 14.3. The first-order chi connectivity index (χ1) is 23.2. The number of anilines is 1. The summed E-state index contributed by atoms with van der Waals surface area (Å²) in [6.07, 6.45) is 1.37. The molecule has 1 fully saturated rings. The van der Waals surface area contributed by atoms with Crippen molar-refractivity contribution < 1.29 is 28.6 Å². The Balaban J connectivity index is 1.23. The van der Waals surface area contributed by atoms with Gasteiger partial charge >= 0.3 is 6.03 Å². The van der Waals surface area contributed by atoms with Crippen LogP contribution >= 0.6 is 27.5 Å². The van der Waals surface area contributed by atoms with Crippen LogP contribution in [0.5, 0.6) is 17.2 Å². The molecule has 0 atom stereocenters. The molecule has 1 heterocycles. The van der Waals surface area contributed by atoms with Gasteiger partial charge in [0.05, 0.1) is 17.3 Å². The summed E-state index contributed by atoms with van der Waals surface area (Å²) in [5.74, 6) is -0.365. The van der Waals surface area contributed by atoms with Crippen LogP contribution in [0.3, 0.4) is 0 Å². The van der Waals surface area contributed by atoms with Crippen LogP contribution in [0.25, 0.3) is 16.8 Å². The number of barbiturate groups is 1. The SMILES string of the molecule is CCOc1cc(/C=C2\C(=O)NC(=O)N(c3ccc(OCc4ccc(Br)cc4)cc3)C2=O)cc(Cl)c1OCc1c(C)ccc2ccccc12. The predicted octanol–water partition coefficient (Wildman–Crippen LogP) is 8.79. The number of aryl methyl sites for hydroxylation is 1. The van der Waals surface area contributed by atoms with Crippen LogP contribution < -0.4 is 24.4 Å². The quantitative estimate of drug-likeness (QED) is 0.114. The number of imide groups is 2. The van der Waals surface area contributed by atoms with E-state index >= 15 is 0 Å². The highest BCUT2D eigenvalue weighted by atomic mass is 79.9. The van der Waals surface area contributed by atoms with Crippen LogP contribution in [0.4, 0.5) is 10.5 Å². The van der Waals surface area contributed by atoms with Gasteiger partial charge in [0.1, 0.15) is 24.5 Å². The average molecular weight is 726 g/mol. The Kier molecular flexibility index (Phi) is 9.80. The molecule has 10 heteroatoms. The first-order valence-electron chi connectivity index (χ1n) is 15.2. The third-order valence-electron chi connectivity index (χ3n) is 7.79. The number of hydrogen-bond donors (Lipinski definition) is 1. The average Bonchev–Trinajstić information content (AvgIpc) is 3.07. The fourth-order valence-corrected chi connectivity index (χ4v) is 5.89. The fraction of sp³-hybridized carbons (Fsp3) is 0.132. The number of ether oxygens (including phenoxy) is 3. The summed E-state index contributed by atoms with van der Waals surface area (Å²) >= 11 is 10.1. The number of nitrogens with one attached hydrogen (secondary N) is 1. The molecule has 1 aliphatic heterocycles. The highest BCUT2D eigenvalue weighted by molar-refractivity contribution is 9.10. The van der Waals surface area contributed by atoms with E-state index in [2.05, 4.69) is 39.4 Å². The number of benzene rings is 5. The third kappa shape index (κ3) is 7.07. The van der Waals surface area contributed by atoms with E-state index in [0.29, 0.717) is 36.0 Å². The number of nitrogens with zero attached hydrogens (tertiary/aromatic N) is 1. The zero-order valence-electron chi connectivity index (χ0n) is 26.1. The lowest BCUT2D eigenvalue weighted by Crippen LogP contribution is -2.54. The minimum atomic E-state index is -0.855. The van der Waals surface area contributed by atoms with Crippen LogP contribution in [0, 0.1) is 6.92 Å². The van der Waals surface area contributed by atoms with Crippen molar-refractivity contribution in [2.45, 2.75) is 27.1 Å². The molecule has 8 nitrogen and oxygen atoms in total. The fourth-order valence-electron chi connectivity index (χ4n) is 5.35. The van der Waals surface area contributed by atoms with Gasteiger partial charge < -0.3 is 14.2 Å². The van der Waals surface area contributed by atoms with Gasteiger partial charge in [-0.1, -0.05) is 76.1 Å². The Morgan fingerprint density at radius 1 is 0.854 bits per heavy atom. The van der Waals surface area contributed by atoms with Gasteiger partial charge in [0.15, 0.2) is 11.5 Å². The Morgan fingerprint density at radius 3 is 2.35 bits per heavy atom. The minimum Gasteiger partial charge on any atom is -0.490 e. The number of amides is 4. The molecule has 0 aromatic heterocycles. The summed E-state index contributed by atoms with van der Waals surface area (Å²) in [7, 11) is 0. The number of rotatable bonds is 10. The molecule has 6 rings (SSSR count). The Hall–Kier alpha value is -5.12. The van der Waals surface area contributed by atoms with Crippen LogP contribution in [0.2, 0.25) is 5.02 Å². The van der Waals surface area contributed by atoms with Gasteiger partial charge in [-0.2, -0.15) is 0 Å². The third-order valence-corrected chi connectivity index (χ3v) is 8.60. The van der Waals surface area contributed by atoms with Crippen molar-refractivity contribution in [3.8, 4) is 17.2 Å². The number of fused-ring (bicyclic) bond motifs is 1. The lowest BCUT2D eigenvalue weighted by Gasteiger charge is -2.26. The van der Waals surface area contributed by atoms with E-state index in [4.69, 9.17) is 25.8 Å². The molecule has 5 aromatic carbocycles. The second-order valence-corrected chi connectivity index (χ2v) is 12.3. The van der Waals surface area contributed by atoms with E-state index in [1.165, 1.54) is 6.08 Å². The Bertz CT molecular complexity index is 2060. The number of carbonyl (C=O) groups excluding carboxylic acids is 3. The molecule has 0 aliphatic carbocycles. The summed E-state index contributed by atoms with van der Waals surface area (Å²) in [6, 6.07) is 28.8. The highest BCUT2D eigenvalue weighted by Gasteiger charge is 2.37. The van der Waals surface area contributed by atoms with Crippen LogP contribution in [0.15, 0.2) is 107 Å². The van der Waals surface area contributed by atoms with Crippen molar-refractivity contribution in [1.29, 1.82) is 0 Å². The monoisotopic (exact) mass is 724 g/mol. The lowest BCUT2D eigenvalue weighted by molar-refractivity contribution is -0.122. The highest BCUT2D eigenvalue weighted by Crippen LogP contribution is 2.39. The summed E-state index contributed by atoms with van der Waals surface area (Å²) < 4.78 is 18.9. The molecule has 0 radical (unpaired) electrons. The van der Waals surface area contributed by atoms with Crippen molar-refractivity contribution in [2.75, 3.05) is 11.5 Å². The molecule has 4 amide bonds. The van der Waals surface area contributed by atoms with E-state index < -0.39 is 17.8 Å². The molecule has 1 N–H and O–H groups in total. The normalized spacial score (nSPS) is 14.0. The van der Waals surface area contributed by atoms with Crippen molar-refractivity contribution in [3.05, 3.63) is 134 Å². The zero-order valence-corrected chi connectivity index (χ0v) is 28.4. The van der Waals surface area contributed by atoms with Crippen LogP contribution in [-0.2, 0) is 22.8 Å². The largest absolute Gasteiger partial charge is 0.490 e. The molecule has 48 heavy (non-hydrogen) atoms. The van der Waals surface area contributed by atoms with Gasteiger partial charge in [0.25, 0.3) is 11.8 Å². The summed E-state index contributed by atoms with van der Waals surface area (Å²) in [5, 5.41) is 4.67. The smallest absolute Gasteiger partial charge is 0.335 e. The molecule has 1 aliphatic rings. The van der Waals surface area contributed by atoms with E-state index in [9.17, 15) is 14.4 Å². The predicted molar refractivity (Wildman–Crippen MR) is 190 cm³/mol. The van der Waals surface area contributed by atoms with Gasteiger partial charge in [-0.3, -0.25) is 14.9 Å². The first kappa shape index (κ1) is 32.8. The van der Waals surface area contributed by atoms with Crippen LogP contribution in [0.1, 0.15) is 29.2 Å². The molecule has 0 saturated carbocycles. The van der Waals surface area contributed by atoms with E-state index in [1.54, 1.807) is 36.4 Å². The maximum Gasteiger partial charge on any atom is 0.335 e. The topological polar surface area (TPSA) is 94.2 Å². The standard InChI is InChI=1S/C38H30BrClN2O6/c1-3-46-34-20-25(19-33(40)35(34)48-22-32-23(2)8-11-26-6-4-5-7-30(26)32)18-31-36(43)41-38(45)42(37(31)44)28-14-16-29(17-15-28)47-21-24-9-12-27(39)13-10-24/h4-20H,3,21-22H2,1-2H3,(H,41,43,45)/b31-18+. The molecule has 0 bridgehead atoms. The summed E-state index contributed by atoms with van der Waals surface area (Å²) in [6.45, 7) is 4.77. The number of urea groups is 1.